The number of halogens is 1. The number of fused-ring (bicyclic) bond motifs is 3. The lowest BCUT2D eigenvalue weighted by atomic mass is 9.83. The number of carbonyl (C=O) groups excluding carboxylic acids is 1. The molecule has 2 aromatic carbocycles. The van der Waals surface area contributed by atoms with E-state index in [4.69, 9.17) is 16.3 Å². The second kappa shape index (κ2) is 8.46. The molecule has 0 saturated carbocycles. The average Bonchev–Trinajstić information content (AvgIpc) is 3.38. The van der Waals surface area contributed by atoms with Crippen LogP contribution in [-0.4, -0.2) is 41.6 Å². The third-order valence-electron chi connectivity index (χ3n) is 7.80. The second-order valence-corrected chi connectivity index (χ2v) is 10.2. The predicted octanol–water partition coefficient (Wildman–Crippen LogP) is 4.96. The van der Waals surface area contributed by atoms with Crippen molar-refractivity contribution in [2.75, 3.05) is 26.2 Å². The van der Waals surface area contributed by atoms with Gasteiger partial charge in [-0.1, -0.05) is 41.9 Å². The van der Waals surface area contributed by atoms with Gasteiger partial charge >= 0.3 is 0 Å². The number of nitrogens with zero attached hydrogens (tertiary/aromatic N) is 2. The van der Waals surface area contributed by atoms with Crippen LogP contribution in [0.5, 0.6) is 0 Å². The number of ether oxygens (including phenoxy) is 1. The Kier molecular flexibility index (Phi) is 5.44. The van der Waals surface area contributed by atoms with E-state index in [0.717, 1.165) is 48.9 Å². The summed E-state index contributed by atoms with van der Waals surface area (Å²) in [5.74, 6) is 0.690. The van der Waals surface area contributed by atoms with Crippen LogP contribution in [0.4, 0.5) is 0 Å². The zero-order chi connectivity index (χ0) is 22.4. The summed E-state index contributed by atoms with van der Waals surface area (Å²) in [6.45, 7) is 5.13. The maximum absolute atomic E-state index is 13.7. The summed E-state index contributed by atoms with van der Waals surface area (Å²) in [5, 5.41) is 5.20. The highest BCUT2D eigenvalue weighted by atomic mass is 35.5. The number of carbonyl (C=O) groups is 1. The molecule has 2 saturated heterocycles. The van der Waals surface area contributed by atoms with Gasteiger partial charge in [0.2, 0.25) is 0 Å². The first-order valence-electron chi connectivity index (χ1n) is 12.1. The van der Waals surface area contributed by atoms with E-state index in [1.165, 1.54) is 24.0 Å². The summed E-state index contributed by atoms with van der Waals surface area (Å²) in [5.41, 5.74) is 4.20. The standard InChI is InChI=1S/C27H30ClN3O2/c28-21-7-8-22-23(17-31(25(22)14-21)16-19-4-3-11-29-15-19)26(32)30-12-9-27(10-13-30)24-6-2-1-5-20(24)18-33-27/h1-2,5-8,14,17,19,29H,3-4,9-13,15-16,18H2/t19-/m0/s1. The van der Waals surface area contributed by atoms with Crippen LogP contribution in [0.2, 0.25) is 5.02 Å². The normalized spacial score (nSPS) is 22.1. The molecule has 1 aromatic heterocycles. The van der Waals surface area contributed by atoms with Crippen molar-refractivity contribution in [2.24, 2.45) is 5.92 Å². The molecule has 1 N–H and O–H groups in total. The minimum Gasteiger partial charge on any atom is -0.365 e. The lowest BCUT2D eigenvalue weighted by molar-refractivity contribution is -0.0741. The highest BCUT2D eigenvalue weighted by molar-refractivity contribution is 6.31. The van der Waals surface area contributed by atoms with E-state index < -0.39 is 0 Å². The molecule has 0 aliphatic carbocycles. The van der Waals surface area contributed by atoms with Crippen molar-refractivity contribution < 1.29 is 9.53 Å². The highest BCUT2D eigenvalue weighted by Gasteiger charge is 2.43. The molecule has 6 heteroatoms. The fourth-order valence-electron chi connectivity index (χ4n) is 5.98. The number of likely N-dealkylation sites (tertiary alicyclic amines) is 1. The first kappa shape index (κ1) is 21.2. The Morgan fingerprint density at radius 1 is 1.18 bits per heavy atom. The zero-order valence-electron chi connectivity index (χ0n) is 18.9. The van der Waals surface area contributed by atoms with Gasteiger partial charge in [0.05, 0.1) is 23.3 Å². The summed E-state index contributed by atoms with van der Waals surface area (Å²) < 4.78 is 8.54. The molecule has 5 nitrogen and oxygen atoms in total. The van der Waals surface area contributed by atoms with Gasteiger partial charge in [-0.15, -0.1) is 0 Å². The van der Waals surface area contributed by atoms with E-state index in [1.54, 1.807) is 0 Å². The van der Waals surface area contributed by atoms with Crippen LogP contribution in [0.1, 0.15) is 47.2 Å². The highest BCUT2D eigenvalue weighted by Crippen LogP contribution is 2.44. The van der Waals surface area contributed by atoms with Gasteiger partial charge in [-0.05, 0) is 68.0 Å². The monoisotopic (exact) mass is 463 g/mol. The molecule has 0 unspecified atom stereocenters. The van der Waals surface area contributed by atoms with Crippen molar-refractivity contribution in [1.82, 2.24) is 14.8 Å². The first-order chi connectivity index (χ1) is 16.1. The van der Waals surface area contributed by atoms with Crippen LogP contribution in [-0.2, 0) is 23.5 Å². The molecule has 2 fully saturated rings. The van der Waals surface area contributed by atoms with Crippen molar-refractivity contribution in [3.63, 3.8) is 0 Å². The molecule has 3 aromatic rings. The van der Waals surface area contributed by atoms with Crippen molar-refractivity contribution in [1.29, 1.82) is 0 Å². The number of hydrogen-bond acceptors (Lipinski definition) is 3. The topological polar surface area (TPSA) is 46.5 Å². The number of amides is 1. The molecule has 33 heavy (non-hydrogen) atoms. The summed E-state index contributed by atoms with van der Waals surface area (Å²) in [7, 11) is 0. The van der Waals surface area contributed by atoms with E-state index in [-0.39, 0.29) is 11.5 Å². The SMILES string of the molecule is O=C(c1cn(C[C@H]2CCCNC2)c2cc(Cl)ccc12)N1CCC2(CC1)OCc1ccccc12. The molecule has 0 radical (unpaired) electrons. The van der Waals surface area contributed by atoms with Gasteiger partial charge < -0.3 is 19.5 Å². The third kappa shape index (κ3) is 3.76. The van der Waals surface area contributed by atoms with Gasteiger partial charge in [0.15, 0.2) is 0 Å². The Morgan fingerprint density at radius 2 is 2.03 bits per heavy atom. The van der Waals surface area contributed by atoms with Gasteiger partial charge in [-0.3, -0.25) is 4.79 Å². The van der Waals surface area contributed by atoms with E-state index >= 15 is 0 Å². The van der Waals surface area contributed by atoms with E-state index in [0.29, 0.717) is 30.6 Å². The van der Waals surface area contributed by atoms with E-state index in [2.05, 4.69) is 40.3 Å². The van der Waals surface area contributed by atoms with E-state index in [1.807, 2.05) is 23.1 Å². The molecule has 3 aliphatic rings. The Bertz CT molecular complexity index is 1190. The Labute approximate surface area is 199 Å². The molecule has 3 aliphatic heterocycles. The number of nitrogens with one attached hydrogen (secondary N) is 1. The van der Waals surface area contributed by atoms with Gasteiger partial charge in [-0.25, -0.2) is 0 Å². The summed E-state index contributed by atoms with van der Waals surface area (Å²) in [4.78, 5) is 15.7. The van der Waals surface area contributed by atoms with Crippen molar-refractivity contribution in [3.05, 3.63) is 70.4 Å². The second-order valence-electron chi connectivity index (χ2n) is 9.80. The fraction of sp³-hybridized carbons (Fsp3) is 0.444. The van der Waals surface area contributed by atoms with Crippen LogP contribution >= 0.6 is 11.6 Å². The lowest BCUT2D eigenvalue weighted by Crippen LogP contribution is -2.45. The maximum Gasteiger partial charge on any atom is 0.256 e. The Balaban J connectivity index is 1.25. The van der Waals surface area contributed by atoms with Gasteiger partial charge in [0.1, 0.15) is 0 Å². The molecular weight excluding hydrogens is 434 g/mol. The quantitative estimate of drug-likeness (QED) is 0.597. The van der Waals surface area contributed by atoms with Crippen LogP contribution in [0.3, 0.4) is 0 Å². The van der Waals surface area contributed by atoms with Crippen molar-refractivity contribution in [3.8, 4) is 0 Å². The number of benzene rings is 2. The number of piperidine rings is 2. The van der Waals surface area contributed by atoms with Crippen molar-refractivity contribution >= 4 is 28.4 Å². The average molecular weight is 464 g/mol. The fourth-order valence-corrected chi connectivity index (χ4v) is 6.15. The number of aromatic nitrogens is 1. The van der Waals surface area contributed by atoms with Crippen LogP contribution in [0.15, 0.2) is 48.7 Å². The molecule has 172 valence electrons. The summed E-state index contributed by atoms with van der Waals surface area (Å²) in [6, 6.07) is 14.4. The molecule has 6 rings (SSSR count). The first-order valence-corrected chi connectivity index (χ1v) is 12.5. The number of rotatable bonds is 3. The molecule has 1 atom stereocenters. The summed E-state index contributed by atoms with van der Waals surface area (Å²) >= 11 is 6.35. The minimum atomic E-state index is -0.233. The third-order valence-corrected chi connectivity index (χ3v) is 8.03. The number of hydrogen-bond donors (Lipinski definition) is 1. The van der Waals surface area contributed by atoms with Gasteiger partial charge in [0.25, 0.3) is 5.91 Å². The van der Waals surface area contributed by atoms with Crippen molar-refractivity contribution in [2.45, 2.75) is 44.4 Å². The Morgan fingerprint density at radius 3 is 2.85 bits per heavy atom. The molecular formula is C27H30ClN3O2. The Hall–Kier alpha value is -2.34. The molecule has 1 amide bonds. The predicted molar refractivity (Wildman–Crippen MR) is 131 cm³/mol. The largest absolute Gasteiger partial charge is 0.365 e. The van der Waals surface area contributed by atoms with Crippen LogP contribution in [0.25, 0.3) is 10.9 Å². The van der Waals surface area contributed by atoms with Gasteiger partial charge in [-0.2, -0.15) is 0 Å². The van der Waals surface area contributed by atoms with Crippen LogP contribution < -0.4 is 5.32 Å². The molecule has 0 bridgehead atoms. The maximum atomic E-state index is 13.7. The minimum absolute atomic E-state index is 0.115. The smallest absolute Gasteiger partial charge is 0.256 e. The molecule has 4 heterocycles. The summed E-state index contributed by atoms with van der Waals surface area (Å²) in [6.07, 6.45) is 6.16. The molecule has 1 spiro atoms. The zero-order valence-corrected chi connectivity index (χ0v) is 19.6. The van der Waals surface area contributed by atoms with Crippen LogP contribution in [0, 0.1) is 5.92 Å². The van der Waals surface area contributed by atoms with Gasteiger partial charge in [0, 0.05) is 36.2 Å². The van der Waals surface area contributed by atoms with E-state index in [9.17, 15) is 4.79 Å². The lowest BCUT2D eigenvalue weighted by Gasteiger charge is -2.39.